The zero-order valence-electron chi connectivity index (χ0n) is 10.4. The molecule has 0 aliphatic carbocycles. The Labute approximate surface area is 97.8 Å². The molecule has 94 valence electrons. The quantitative estimate of drug-likeness (QED) is 0.625. The topological polar surface area (TPSA) is 61.4 Å². The van der Waals surface area contributed by atoms with E-state index in [2.05, 4.69) is 17.6 Å². The van der Waals surface area contributed by atoms with Gasteiger partial charge in [0.1, 0.15) is 0 Å². The lowest BCUT2D eigenvalue weighted by molar-refractivity contribution is -0.131. The number of hydrogen-bond donors (Lipinski definition) is 3. The molecule has 0 saturated carbocycles. The molecule has 1 fully saturated rings. The maximum absolute atomic E-state index is 12.2. The van der Waals surface area contributed by atoms with Crippen LogP contribution in [0.4, 0.5) is 0 Å². The van der Waals surface area contributed by atoms with Crippen LogP contribution in [0.1, 0.15) is 39.5 Å². The van der Waals surface area contributed by atoms with Gasteiger partial charge < -0.3 is 15.7 Å². The zero-order valence-corrected chi connectivity index (χ0v) is 10.4. The first-order valence-corrected chi connectivity index (χ1v) is 6.31. The first kappa shape index (κ1) is 13.5. The minimum Gasteiger partial charge on any atom is -0.396 e. The Morgan fingerprint density at radius 1 is 1.56 bits per heavy atom. The fourth-order valence-corrected chi connectivity index (χ4v) is 2.27. The van der Waals surface area contributed by atoms with Gasteiger partial charge in [-0.05, 0) is 32.2 Å². The Balaban J connectivity index is 2.54. The maximum atomic E-state index is 12.2. The highest BCUT2D eigenvalue weighted by atomic mass is 16.3. The normalized spacial score (nSPS) is 26.7. The number of aliphatic hydroxyl groups excluding tert-OH is 1. The molecule has 2 atom stereocenters. The van der Waals surface area contributed by atoms with Crippen LogP contribution >= 0.6 is 0 Å². The van der Waals surface area contributed by atoms with Gasteiger partial charge in [-0.1, -0.05) is 13.8 Å². The highest BCUT2D eigenvalue weighted by Crippen LogP contribution is 2.29. The molecule has 1 rings (SSSR count). The van der Waals surface area contributed by atoms with Crippen molar-refractivity contribution in [3.63, 3.8) is 0 Å². The van der Waals surface area contributed by atoms with E-state index in [1.54, 1.807) is 0 Å². The standard InChI is InChI=1S/C12H24N2O2/c1-3-10(5-8-15)14-11(16)12(4-2)6-7-13-9-12/h10,13,15H,3-9H2,1-2H3,(H,14,16). The van der Waals surface area contributed by atoms with Crippen molar-refractivity contribution < 1.29 is 9.90 Å². The second-order valence-electron chi connectivity index (χ2n) is 4.65. The molecular weight excluding hydrogens is 204 g/mol. The van der Waals surface area contributed by atoms with Crippen LogP contribution in [0.2, 0.25) is 0 Å². The third-order valence-corrected chi connectivity index (χ3v) is 3.71. The van der Waals surface area contributed by atoms with Crippen LogP contribution in [0.3, 0.4) is 0 Å². The van der Waals surface area contributed by atoms with Gasteiger partial charge in [0.05, 0.1) is 5.41 Å². The Kier molecular flexibility index (Phi) is 5.22. The summed E-state index contributed by atoms with van der Waals surface area (Å²) >= 11 is 0. The van der Waals surface area contributed by atoms with Gasteiger partial charge in [0.15, 0.2) is 0 Å². The Morgan fingerprint density at radius 3 is 2.75 bits per heavy atom. The fraction of sp³-hybridized carbons (Fsp3) is 0.917. The molecule has 3 N–H and O–H groups in total. The van der Waals surface area contributed by atoms with Gasteiger partial charge in [-0.2, -0.15) is 0 Å². The van der Waals surface area contributed by atoms with E-state index in [0.29, 0.717) is 6.42 Å². The molecule has 1 amide bonds. The van der Waals surface area contributed by atoms with E-state index in [1.165, 1.54) is 0 Å². The van der Waals surface area contributed by atoms with E-state index in [1.807, 2.05) is 6.92 Å². The minimum absolute atomic E-state index is 0.113. The predicted octanol–water partition coefficient (Wildman–Crippen LogP) is 0.653. The molecular formula is C12H24N2O2. The molecule has 1 aliphatic heterocycles. The molecule has 0 aromatic heterocycles. The molecule has 4 nitrogen and oxygen atoms in total. The summed E-state index contributed by atoms with van der Waals surface area (Å²) in [6, 6.07) is 0.113. The van der Waals surface area contributed by atoms with Crippen LogP contribution < -0.4 is 10.6 Å². The summed E-state index contributed by atoms with van der Waals surface area (Å²) in [4.78, 5) is 12.2. The van der Waals surface area contributed by atoms with Crippen molar-refractivity contribution in [1.82, 2.24) is 10.6 Å². The van der Waals surface area contributed by atoms with Gasteiger partial charge in [-0.25, -0.2) is 0 Å². The van der Waals surface area contributed by atoms with Crippen molar-refractivity contribution in [3.05, 3.63) is 0 Å². The van der Waals surface area contributed by atoms with Gasteiger partial charge in [0, 0.05) is 19.2 Å². The Bertz CT molecular complexity index is 225. The maximum Gasteiger partial charge on any atom is 0.227 e. The molecule has 1 heterocycles. The summed E-state index contributed by atoms with van der Waals surface area (Å²) in [5.74, 6) is 0.153. The molecule has 2 unspecified atom stereocenters. The lowest BCUT2D eigenvalue weighted by Crippen LogP contribution is -2.46. The average molecular weight is 228 g/mol. The third-order valence-electron chi connectivity index (χ3n) is 3.71. The zero-order chi connectivity index (χ0) is 12.0. The van der Waals surface area contributed by atoms with Crippen molar-refractivity contribution in [2.75, 3.05) is 19.7 Å². The van der Waals surface area contributed by atoms with Crippen LogP contribution in [0.5, 0.6) is 0 Å². The second kappa shape index (κ2) is 6.21. The van der Waals surface area contributed by atoms with E-state index >= 15 is 0 Å². The summed E-state index contributed by atoms with van der Waals surface area (Å²) in [5.41, 5.74) is -0.219. The van der Waals surface area contributed by atoms with Crippen molar-refractivity contribution in [2.45, 2.75) is 45.6 Å². The summed E-state index contributed by atoms with van der Waals surface area (Å²) in [6.07, 6.45) is 3.32. The predicted molar refractivity (Wildman–Crippen MR) is 64.1 cm³/mol. The molecule has 0 aromatic carbocycles. The SMILES string of the molecule is CCC(CCO)NC(=O)C1(CC)CCNC1. The van der Waals surface area contributed by atoms with Crippen molar-refractivity contribution in [1.29, 1.82) is 0 Å². The van der Waals surface area contributed by atoms with Crippen molar-refractivity contribution in [3.8, 4) is 0 Å². The molecule has 0 aromatic rings. The van der Waals surface area contributed by atoms with E-state index in [4.69, 9.17) is 5.11 Å². The molecule has 1 aliphatic rings. The monoisotopic (exact) mass is 228 g/mol. The molecule has 0 spiro atoms. The second-order valence-corrected chi connectivity index (χ2v) is 4.65. The van der Waals surface area contributed by atoms with E-state index < -0.39 is 0 Å². The Morgan fingerprint density at radius 2 is 2.31 bits per heavy atom. The van der Waals surface area contributed by atoms with Crippen molar-refractivity contribution in [2.24, 2.45) is 5.41 Å². The van der Waals surface area contributed by atoms with Crippen LogP contribution in [-0.2, 0) is 4.79 Å². The lowest BCUT2D eigenvalue weighted by Gasteiger charge is -2.28. The van der Waals surface area contributed by atoms with Crippen molar-refractivity contribution >= 4 is 5.91 Å². The molecule has 0 bridgehead atoms. The number of rotatable bonds is 6. The van der Waals surface area contributed by atoms with Gasteiger partial charge in [0.25, 0.3) is 0 Å². The number of carbonyl (C=O) groups excluding carboxylic acids is 1. The number of nitrogens with one attached hydrogen (secondary N) is 2. The van der Waals surface area contributed by atoms with Crippen LogP contribution in [0.15, 0.2) is 0 Å². The first-order valence-electron chi connectivity index (χ1n) is 6.31. The first-order chi connectivity index (χ1) is 7.68. The number of aliphatic hydroxyl groups is 1. The lowest BCUT2D eigenvalue weighted by atomic mass is 9.83. The molecule has 0 radical (unpaired) electrons. The summed E-state index contributed by atoms with van der Waals surface area (Å²) in [6.45, 7) is 5.95. The fourth-order valence-electron chi connectivity index (χ4n) is 2.27. The molecule has 1 saturated heterocycles. The van der Waals surface area contributed by atoms with E-state index in [0.717, 1.165) is 32.4 Å². The smallest absolute Gasteiger partial charge is 0.227 e. The van der Waals surface area contributed by atoms with Gasteiger partial charge >= 0.3 is 0 Å². The average Bonchev–Trinajstić information content (AvgIpc) is 2.78. The highest BCUT2D eigenvalue weighted by Gasteiger charge is 2.39. The number of amides is 1. The van der Waals surface area contributed by atoms with Gasteiger partial charge in [-0.15, -0.1) is 0 Å². The number of hydrogen-bond acceptors (Lipinski definition) is 3. The molecule has 16 heavy (non-hydrogen) atoms. The Hall–Kier alpha value is -0.610. The van der Waals surface area contributed by atoms with E-state index in [9.17, 15) is 4.79 Å². The van der Waals surface area contributed by atoms with Crippen LogP contribution in [-0.4, -0.2) is 36.8 Å². The summed E-state index contributed by atoms with van der Waals surface area (Å²) < 4.78 is 0. The number of carbonyl (C=O) groups is 1. The van der Waals surface area contributed by atoms with Gasteiger partial charge in [-0.3, -0.25) is 4.79 Å². The summed E-state index contributed by atoms with van der Waals surface area (Å²) in [5, 5.41) is 15.2. The minimum atomic E-state index is -0.219. The van der Waals surface area contributed by atoms with Crippen LogP contribution in [0.25, 0.3) is 0 Å². The molecule has 4 heteroatoms. The van der Waals surface area contributed by atoms with E-state index in [-0.39, 0.29) is 24.0 Å². The largest absolute Gasteiger partial charge is 0.396 e. The summed E-state index contributed by atoms with van der Waals surface area (Å²) in [7, 11) is 0. The highest BCUT2D eigenvalue weighted by molar-refractivity contribution is 5.83. The third kappa shape index (κ3) is 2.95. The van der Waals surface area contributed by atoms with Gasteiger partial charge in [0.2, 0.25) is 5.91 Å². The van der Waals surface area contributed by atoms with Crippen LogP contribution in [0, 0.1) is 5.41 Å².